The molecule has 0 radical (unpaired) electrons. The number of halogens is 1. The fourth-order valence-electron chi connectivity index (χ4n) is 5.32. The summed E-state index contributed by atoms with van der Waals surface area (Å²) in [4.78, 5) is 17.3. The van der Waals surface area contributed by atoms with Crippen molar-refractivity contribution in [2.45, 2.75) is 38.3 Å². The van der Waals surface area contributed by atoms with Crippen LogP contribution in [0.5, 0.6) is 0 Å². The maximum Gasteiger partial charge on any atom is 0.251 e. The maximum absolute atomic E-state index is 12.6. The van der Waals surface area contributed by atoms with Crippen molar-refractivity contribution in [3.8, 4) is 11.3 Å². The predicted octanol–water partition coefficient (Wildman–Crippen LogP) is 5.61. The largest absolute Gasteiger partial charge is 0.349 e. The smallest absolute Gasteiger partial charge is 0.251 e. The number of hydrogen-bond donors (Lipinski definition) is 1. The number of aromatic nitrogens is 2. The van der Waals surface area contributed by atoms with Gasteiger partial charge in [0.25, 0.3) is 5.91 Å². The van der Waals surface area contributed by atoms with E-state index >= 15 is 0 Å². The van der Waals surface area contributed by atoms with E-state index in [2.05, 4.69) is 40.1 Å². The standard InChI is InChI=1S/C25H26ClN3O/c1-2-22(28-25(30)17-8-10-18(26)11-9-17)24-20-12-19(13-21(20)24)29-14-23(27-15-29)16-6-4-3-5-7-16/h3-11,14-15,19-22,24H,2,12-13H2,1H3,(H,28,30)/t19?,20-,21?,22?,24?/m0/s1. The third kappa shape index (κ3) is 3.65. The van der Waals surface area contributed by atoms with Crippen molar-refractivity contribution < 1.29 is 4.79 Å². The number of nitrogens with one attached hydrogen (secondary N) is 1. The summed E-state index contributed by atoms with van der Waals surface area (Å²) in [6, 6.07) is 18.2. The molecule has 0 saturated heterocycles. The number of fused-ring (bicyclic) bond motifs is 1. The molecule has 1 heterocycles. The quantitative estimate of drug-likeness (QED) is 0.564. The Balaban J connectivity index is 1.20. The van der Waals surface area contributed by atoms with Crippen molar-refractivity contribution in [3.05, 3.63) is 77.7 Å². The molecule has 0 aliphatic heterocycles. The Labute approximate surface area is 182 Å². The highest BCUT2D eigenvalue weighted by atomic mass is 35.5. The molecule has 3 aromatic rings. The van der Waals surface area contributed by atoms with Crippen molar-refractivity contribution in [2.75, 3.05) is 0 Å². The number of nitrogens with zero attached hydrogens (tertiary/aromatic N) is 2. The van der Waals surface area contributed by atoms with Crippen LogP contribution in [0.1, 0.15) is 42.6 Å². The van der Waals surface area contributed by atoms with Gasteiger partial charge < -0.3 is 9.88 Å². The molecule has 5 heteroatoms. The second-order valence-electron chi connectivity index (χ2n) is 8.60. The lowest BCUT2D eigenvalue weighted by Crippen LogP contribution is -2.37. The van der Waals surface area contributed by atoms with Crippen LogP contribution >= 0.6 is 11.6 Å². The summed E-state index contributed by atoms with van der Waals surface area (Å²) in [6.07, 6.45) is 7.47. The lowest BCUT2D eigenvalue weighted by Gasteiger charge is -2.22. The molecular weight excluding hydrogens is 394 g/mol. The van der Waals surface area contributed by atoms with Crippen LogP contribution in [-0.4, -0.2) is 21.5 Å². The fraction of sp³-hybridized carbons (Fsp3) is 0.360. The Kier molecular flexibility index (Phi) is 5.11. The molecule has 2 aliphatic rings. The van der Waals surface area contributed by atoms with Crippen molar-refractivity contribution in [3.63, 3.8) is 0 Å². The second kappa shape index (κ2) is 7.92. The molecular formula is C25H26ClN3O. The maximum atomic E-state index is 12.6. The van der Waals surface area contributed by atoms with E-state index in [1.165, 1.54) is 12.8 Å². The highest BCUT2D eigenvalue weighted by molar-refractivity contribution is 6.30. The first-order valence-electron chi connectivity index (χ1n) is 10.8. The molecule has 1 amide bonds. The zero-order chi connectivity index (χ0) is 20.7. The van der Waals surface area contributed by atoms with E-state index in [9.17, 15) is 4.79 Å². The molecule has 30 heavy (non-hydrogen) atoms. The number of rotatable bonds is 6. The second-order valence-corrected chi connectivity index (χ2v) is 9.03. The summed E-state index contributed by atoms with van der Waals surface area (Å²) < 4.78 is 2.29. The Morgan fingerprint density at radius 1 is 1.13 bits per heavy atom. The first-order chi connectivity index (χ1) is 14.6. The average Bonchev–Trinajstić information content (AvgIpc) is 3.15. The van der Waals surface area contributed by atoms with E-state index in [0.717, 1.165) is 17.7 Å². The summed E-state index contributed by atoms with van der Waals surface area (Å²) in [5.41, 5.74) is 2.87. The topological polar surface area (TPSA) is 46.9 Å². The van der Waals surface area contributed by atoms with Gasteiger partial charge in [-0.05, 0) is 61.3 Å². The number of benzene rings is 2. The molecule has 2 aromatic carbocycles. The van der Waals surface area contributed by atoms with Gasteiger partial charge in [-0.1, -0.05) is 48.9 Å². The van der Waals surface area contributed by atoms with Crippen LogP contribution in [0.2, 0.25) is 5.02 Å². The third-order valence-electron chi connectivity index (χ3n) is 6.91. The number of imidazole rings is 1. The van der Waals surface area contributed by atoms with E-state index < -0.39 is 0 Å². The molecule has 2 fully saturated rings. The first kappa shape index (κ1) is 19.4. The van der Waals surface area contributed by atoms with Gasteiger partial charge >= 0.3 is 0 Å². The van der Waals surface area contributed by atoms with E-state index in [1.54, 1.807) is 24.3 Å². The first-order valence-corrected chi connectivity index (χ1v) is 11.2. The monoisotopic (exact) mass is 419 g/mol. The van der Waals surface area contributed by atoms with Gasteiger partial charge in [0, 0.05) is 34.4 Å². The Bertz CT molecular complexity index is 1020. The number of carbonyl (C=O) groups excluding carboxylic acids is 1. The minimum Gasteiger partial charge on any atom is -0.349 e. The molecule has 4 unspecified atom stereocenters. The minimum atomic E-state index is 0.00199. The Morgan fingerprint density at radius 2 is 1.83 bits per heavy atom. The van der Waals surface area contributed by atoms with Crippen LogP contribution < -0.4 is 5.32 Å². The minimum absolute atomic E-state index is 0.00199. The number of carbonyl (C=O) groups is 1. The summed E-state index contributed by atoms with van der Waals surface area (Å²) in [7, 11) is 0. The van der Waals surface area contributed by atoms with Crippen LogP contribution in [0.3, 0.4) is 0 Å². The van der Waals surface area contributed by atoms with Gasteiger partial charge in [0.2, 0.25) is 0 Å². The van der Waals surface area contributed by atoms with Gasteiger partial charge in [-0.25, -0.2) is 4.98 Å². The van der Waals surface area contributed by atoms with Gasteiger partial charge in [0.05, 0.1) is 12.0 Å². The predicted molar refractivity (Wildman–Crippen MR) is 119 cm³/mol. The molecule has 2 aliphatic carbocycles. The highest BCUT2D eigenvalue weighted by Crippen LogP contribution is 2.62. The molecule has 154 valence electrons. The normalized spacial score (nSPS) is 25.5. The lowest BCUT2D eigenvalue weighted by molar-refractivity contribution is 0.0927. The molecule has 5 rings (SSSR count). The third-order valence-corrected chi connectivity index (χ3v) is 7.16. The van der Waals surface area contributed by atoms with Crippen molar-refractivity contribution in [1.82, 2.24) is 14.9 Å². The van der Waals surface area contributed by atoms with Crippen LogP contribution in [-0.2, 0) is 0 Å². The SMILES string of the molecule is CCC(NC(=O)c1ccc(Cl)cc1)C1C2CC(n3cnc(-c4ccccc4)c3)C[C@@H]21. The van der Waals surface area contributed by atoms with Gasteiger partial charge in [0.15, 0.2) is 0 Å². The van der Waals surface area contributed by atoms with E-state index in [4.69, 9.17) is 11.6 Å². The molecule has 4 nitrogen and oxygen atoms in total. The van der Waals surface area contributed by atoms with Crippen molar-refractivity contribution in [2.24, 2.45) is 17.8 Å². The van der Waals surface area contributed by atoms with Gasteiger partial charge in [0.1, 0.15) is 0 Å². The summed E-state index contributed by atoms with van der Waals surface area (Å²) in [5.74, 6) is 2.00. The van der Waals surface area contributed by atoms with Crippen molar-refractivity contribution in [1.29, 1.82) is 0 Å². The Hall–Kier alpha value is -2.59. The molecule has 1 aromatic heterocycles. The van der Waals surface area contributed by atoms with Crippen LogP contribution in [0.25, 0.3) is 11.3 Å². The summed E-state index contributed by atoms with van der Waals surface area (Å²) in [6.45, 7) is 2.17. The summed E-state index contributed by atoms with van der Waals surface area (Å²) >= 11 is 5.94. The van der Waals surface area contributed by atoms with Gasteiger partial charge in [-0.2, -0.15) is 0 Å². The van der Waals surface area contributed by atoms with E-state index in [0.29, 0.717) is 34.4 Å². The number of hydrogen-bond acceptors (Lipinski definition) is 2. The van der Waals surface area contributed by atoms with Crippen molar-refractivity contribution >= 4 is 17.5 Å². The molecule has 0 spiro atoms. The van der Waals surface area contributed by atoms with E-state index in [1.807, 2.05) is 24.5 Å². The van der Waals surface area contributed by atoms with Gasteiger partial charge in [-0.3, -0.25) is 4.79 Å². The number of amides is 1. The zero-order valence-electron chi connectivity index (χ0n) is 17.0. The molecule has 1 N–H and O–H groups in total. The zero-order valence-corrected chi connectivity index (χ0v) is 17.8. The van der Waals surface area contributed by atoms with Crippen LogP contribution in [0, 0.1) is 17.8 Å². The van der Waals surface area contributed by atoms with Crippen LogP contribution in [0.4, 0.5) is 0 Å². The molecule has 2 saturated carbocycles. The molecule has 5 atom stereocenters. The summed E-state index contributed by atoms with van der Waals surface area (Å²) in [5, 5.41) is 3.92. The van der Waals surface area contributed by atoms with Gasteiger partial charge in [-0.15, -0.1) is 0 Å². The fourth-order valence-corrected chi connectivity index (χ4v) is 5.45. The average molecular weight is 420 g/mol. The van der Waals surface area contributed by atoms with Crippen LogP contribution in [0.15, 0.2) is 67.1 Å². The lowest BCUT2D eigenvalue weighted by atomic mass is 9.99. The Morgan fingerprint density at radius 3 is 2.50 bits per heavy atom. The highest BCUT2D eigenvalue weighted by Gasteiger charge is 2.58. The molecule has 0 bridgehead atoms. The van der Waals surface area contributed by atoms with E-state index in [-0.39, 0.29) is 11.9 Å².